The van der Waals surface area contributed by atoms with Crippen LogP contribution in [0, 0.1) is 5.92 Å². The molecule has 2 saturated heterocycles. The molecule has 0 aromatic heterocycles. The van der Waals surface area contributed by atoms with Crippen LogP contribution in [0.5, 0.6) is 0 Å². The molecule has 0 aromatic carbocycles. The predicted molar refractivity (Wildman–Crippen MR) is 78.1 cm³/mol. The van der Waals surface area contributed by atoms with Crippen LogP contribution in [0.15, 0.2) is 0 Å². The van der Waals surface area contributed by atoms with Crippen LogP contribution >= 0.6 is 0 Å². The summed E-state index contributed by atoms with van der Waals surface area (Å²) in [7, 11) is 0. The van der Waals surface area contributed by atoms with E-state index in [1.807, 2.05) is 4.90 Å². The van der Waals surface area contributed by atoms with Gasteiger partial charge in [0.1, 0.15) is 0 Å². The number of aliphatic carboxylic acids is 1. The Kier molecular flexibility index (Phi) is 4.33. The molecule has 3 unspecified atom stereocenters. The first-order chi connectivity index (χ1) is 10.1. The molecular formula is C15H25N3O3. The van der Waals surface area contributed by atoms with E-state index in [2.05, 4.69) is 10.2 Å². The van der Waals surface area contributed by atoms with Crippen molar-refractivity contribution in [3.63, 3.8) is 0 Å². The number of hydrogen-bond donors (Lipinski definition) is 2. The Hall–Kier alpha value is -1.30. The van der Waals surface area contributed by atoms with Gasteiger partial charge in [-0.25, -0.2) is 4.79 Å². The highest BCUT2D eigenvalue weighted by molar-refractivity contribution is 5.75. The molecule has 3 rings (SSSR count). The number of urea groups is 1. The second-order valence-corrected chi connectivity index (χ2v) is 6.63. The third kappa shape index (κ3) is 3.31. The molecule has 2 heterocycles. The van der Waals surface area contributed by atoms with Crippen molar-refractivity contribution in [2.75, 3.05) is 26.2 Å². The van der Waals surface area contributed by atoms with Crippen LogP contribution in [0.3, 0.4) is 0 Å². The van der Waals surface area contributed by atoms with Gasteiger partial charge in [-0.2, -0.15) is 0 Å². The first-order valence-electron chi connectivity index (χ1n) is 8.16. The lowest BCUT2D eigenvalue weighted by molar-refractivity contribution is -0.141. The highest BCUT2D eigenvalue weighted by Crippen LogP contribution is 2.26. The molecule has 3 aliphatic rings. The molecule has 6 heteroatoms. The van der Waals surface area contributed by atoms with E-state index in [1.165, 1.54) is 19.4 Å². The topological polar surface area (TPSA) is 72.9 Å². The van der Waals surface area contributed by atoms with E-state index in [4.69, 9.17) is 5.11 Å². The summed E-state index contributed by atoms with van der Waals surface area (Å²) >= 11 is 0. The summed E-state index contributed by atoms with van der Waals surface area (Å²) in [4.78, 5) is 27.8. The van der Waals surface area contributed by atoms with E-state index in [0.717, 1.165) is 32.5 Å². The lowest BCUT2D eigenvalue weighted by Gasteiger charge is -2.27. The molecule has 3 atom stereocenters. The molecule has 1 aliphatic carbocycles. The Morgan fingerprint density at radius 1 is 1.05 bits per heavy atom. The summed E-state index contributed by atoms with van der Waals surface area (Å²) in [5.41, 5.74) is 0. The molecule has 0 aromatic rings. The van der Waals surface area contributed by atoms with E-state index >= 15 is 0 Å². The van der Waals surface area contributed by atoms with Crippen molar-refractivity contribution in [2.45, 2.75) is 50.6 Å². The standard InChI is InChI=1S/C15H25N3O3/c19-14(20)11-4-5-12(9-11)16-15(21)18-8-2-7-17-6-1-3-13(17)10-18/h11-13H,1-10H2,(H,16,21)(H,19,20). The highest BCUT2D eigenvalue weighted by atomic mass is 16.4. The van der Waals surface area contributed by atoms with Crippen molar-refractivity contribution < 1.29 is 14.7 Å². The van der Waals surface area contributed by atoms with Crippen LogP contribution in [-0.4, -0.2) is 65.2 Å². The predicted octanol–water partition coefficient (Wildman–Crippen LogP) is 1.12. The van der Waals surface area contributed by atoms with E-state index in [-0.39, 0.29) is 18.0 Å². The van der Waals surface area contributed by atoms with Gasteiger partial charge in [-0.1, -0.05) is 0 Å². The number of fused-ring (bicyclic) bond motifs is 1. The van der Waals surface area contributed by atoms with Gasteiger partial charge in [0, 0.05) is 31.7 Å². The summed E-state index contributed by atoms with van der Waals surface area (Å²) in [5.74, 6) is -1.02. The van der Waals surface area contributed by atoms with Crippen molar-refractivity contribution >= 4 is 12.0 Å². The van der Waals surface area contributed by atoms with E-state index < -0.39 is 5.97 Å². The number of carboxylic acid groups (broad SMARTS) is 1. The minimum absolute atomic E-state index is 0.000196. The first kappa shape index (κ1) is 14.6. The Morgan fingerprint density at radius 2 is 1.86 bits per heavy atom. The summed E-state index contributed by atoms with van der Waals surface area (Å²) < 4.78 is 0. The zero-order valence-electron chi connectivity index (χ0n) is 12.5. The molecule has 1 saturated carbocycles. The zero-order chi connectivity index (χ0) is 14.8. The van der Waals surface area contributed by atoms with Gasteiger partial charge in [0.2, 0.25) is 0 Å². The normalized spacial score (nSPS) is 33.5. The first-order valence-corrected chi connectivity index (χ1v) is 8.16. The monoisotopic (exact) mass is 295 g/mol. The number of carbonyl (C=O) groups excluding carboxylic acids is 1. The molecule has 0 radical (unpaired) electrons. The van der Waals surface area contributed by atoms with Gasteiger partial charge in [0.05, 0.1) is 5.92 Å². The third-order valence-corrected chi connectivity index (χ3v) is 5.20. The molecule has 6 nitrogen and oxygen atoms in total. The van der Waals surface area contributed by atoms with Crippen LogP contribution in [0.1, 0.15) is 38.5 Å². The Bertz CT molecular complexity index is 415. The fraction of sp³-hybridized carbons (Fsp3) is 0.867. The number of hydrogen-bond acceptors (Lipinski definition) is 3. The van der Waals surface area contributed by atoms with Crippen molar-refractivity contribution in [1.82, 2.24) is 15.1 Å². The molecule has 2 amide bonds. The summed E-state index contributed by atoms with van der Waals surface area (Å²) in [5, 5.41) is 12.1. The van der Waals surface area contributed by atoms with Gasteiger partial charge >= 0.3 is 12.0 Å². The highest BCUT2D eigenvalue weighted by Gasteiger charge is 2.34. The molecular weight excluding hydrogens is 270 g/mol. The summed E-state index contributed by atoms with van der Waals surface area (Å²) in [6.45, 7) is 3.90. The smallest absolute Gasteiger partial charge is 0.317 e. The molecule has 3 fully saturated rings. The number of amides is 2. The van der Waals surface area contributed by atoms with Crippen LogP contribution in [0.25, 0.3) is 0 Å². The van der Waals surface area contributed by atoms with Crippen molar-refractivity contribution in [3.8, 4) is 0 Å². The van der Waals surface area contributed by atoms with E-state index in [9.17, 15) is 9.59 Å². The largest absolute Gasteiger partial charge is 0.481 e. The average Bonchev–Trinajstić information content (AvgIpc) is 3.04. The van der Waals surface area contributed by atoms with Crippen LogP contribution in [-0.2, 0) is 4.79 Å². The summed E-state index contributed by atoms with van der Waals surface area (Å²) in [6, 6.07) is 0.551. The van der Waals surface area contributed by atoms with Crippen molar-refractivity contribution in [1.29, 1.82) is 0 Å². The third-order valence-electron chi connectivity index (χ3n) is 5.20. The fourth-order valence-electron chi connectivity index (χ4n) is 3.99. The number of nitrogens with zero attached hydrogens (tertiary/aromatic N) is 2. The van der Waals surface area contributed by atoms with Crippen LogP contribution < -0.4 is 5.32 Å². The quantitative estimate of drug-likeness (QED) is 0.801. The molecule has 0 spiro atoms. The second kappa shape index (κ2) is 6.22. The minimum atomic E-state index is -0.733. The number of nitrogens with one attached hydrogen (secondary N) is 1. The van der Waals surface area contributed by atoms with E-state index in [0.29, 0.717) is 18.9 Å². The lowest BCUT2D eigenvalue weighted by Crippen LogP contribution is -2.47. The maximum absolute atomic E-state index is 12.4. The second-order valence-electron chi connectivity index (χ2n) is 6.63. The van der Waals surface area contributed by atoms with Gasteiger partial charge in [0.15, 0.2) is 0 Å². The van der Waals surface area contributed by atoms with Crippen LogP contribution in [0.2, 0.25) is 0 Å². The Morgan fingerprint density at radius 3 is 2.62 bits per heavy atom. The number of carboxylic acids is 1. The van der Waals surface area contributed by atoms with Gasteiger partial charge in [-0.3, -0.25) is 9.69 Å². The Labute approximate surface area is 125 Å². The Balaban J connectivity index is 1.52. The maximum atomic E-state index is 12.4. The lowest BCUT2D eigenvalue weighted by atomic mass is 10.1. The average molecular weight is 295 g/mol. The molecule has 0 bridgehead atoms. The van der Waals surface area contributed by atoms with E-state index in [1.54, 1.807) is 0 Å². The van der Waals surface area contributed by atoms with Gasteiger partial charge in [-0.15, -0.1) is 0 Å². The van der Waals surface area contributed by atoms with Gasteiger partial charge in [-0.05, 0) is 45.1 Å². The number of rotatable bonds is 2. The number of carbonyl (C=O) groups is 2. The molecule has 2 aliphatic heterocycles. The summed E-state index contributed by atoms with van der Waals surface area (Å²) in [6.07, 6.45) is 5.50. The molecule has 21 heavy (non-hydrogen) atoms. The molecule has 2 N–H and O–H groups in total. The maximum Gasteiger partial charge on any atom is 0.317 e. The SMILES string of the molecule is O=C(O)C1CCC(NC(=O)N2CCCN3CCCC3C2)C1. The fourth-order valence-corrected chi connectivity index (χ4v) is 3.99. The van der Waals surface area contributed by atoms with Gasteiger partial charge in [0.25, 0.3) is 0 Å². The van der Waals surface area contributed by atoms with Crippen molar-refractivity contribution in [3.05, 3.63) is 0 Å². The minimum Gasteiger partial charge on any atom is -0.481 e. The zero-order valence-corrected chi connectivity index (χ0v) is 12.5. The van der Waals surface area contributed by atoms with Gasteiger partial charge < -0.3 is 15.3 Å². The van der Waals surface area contributed by atoms with Crippen LogP contribution in [0.4, 0.5) is 4.79 Å². The molecule has 118 valence electrons. The van der Waals surface area contributed by atoms with Crippen molar-refractivity contribution in [2.24, 2.45) is 5.92 Å².